The van der Waals surface area contributed by atoms with Gasteiger partial charge in [-0.1, -0.05) is 6.07 Å². The molecule has 1 aromatic carbocycles. The van der Waals surface area contributed by atoms with Gasteiger partial charge < -0.3 is 9.84 Å². The Hall–Kier alpha value is -2.69. The Morgan fingerprint density at radius 1 is 1.11 bits per heavy atom. The standard InChI is InChI=1S/C14H11NO4/c16-12(9-14(17)18)10-4-6-11(7-5-10)19-13-3-1-2-8-15-13/h1-8H,9H2,(H,17,18). The lowest BCUT2D eigenvalue weighted by molar-refractivity contribution is -0.135. The third-order valence-corrected chi connectivity index (χ3v) is 2.35. The topological polar surface area (TPSA) is 76.5 Å². The summed E-state index contributed by atoms with van der Waals surface area (Å²) in [4.78, 5) is 25.9. The van der Waals surface area contributed by atoms with Crippen LogP contribution in [0.25, 0.3) is 0 Å². The van der Waals surface area contributed by atoms with Gasteiger partial charge >= 0.3 is 5.97 Å². The van der Waals surface area contributed by atoms with E-state index in [1.165, 1.54) is 12.1 Å². The highest BCUT2D eigenvalue weighted by molar-refractivity contribution is 6.05. The summed E-state index contributed by atoms with van der Waals surface area (Å²) >= 11 is 0. The number of aromatic nitrogens is 1. The van der Waals surface area contributed by atoms with E-state index in [2.05, 4.69) is 4.98 Å². The SMILES string of the molecule is O=C(O)CC(=O)c1ccc(Oc2ccccn2)cc1. The number of nitrogens with zero attached hydrogens (tertiary/aromatic N) is 1. The summed E-state index contributed by atoms with van der Waals surface area (Å²) in [6, 6.07) is 11.6. The molecular formula is C14H11NO4. The minimum atomic E-state index is -1.14. The number of ketones is 1. The number of carbonyl (C=O) groups excluding carboxylic acids is 1. The summed E-state index contributed by atoms with van der Waals surface area (Å²) in [5.74, 6) is -0.589. The maximum absolute atomic E-state index is 11.5. The van der Waals surface area contributed by atoms with Crippen LogP contribution in [0.1, 0.15) is 16.8 Å². The van der Waals surface area contributed by atoms with Crippen molar-refractivity contribution in [3.63, 3.8) is 0 Å². The first-order valence-corrected chi connectivity index (χ1v) is 5.59. The quantitative estimate of drug-likeness (QED) is 0.658. The minimum absolute atomic E-state index is 0.343. The number of pyridine rings is 1. The van der Waals surface area contributed by atoms with Gasteiger partial charge in [-0.2, -0.15) is 0 Å². The maximum Gasteiger partial charge on any atom is 0.311 e. The van der Waals surface area contributed by atoms with Crippen molar-refractivity contribution in [2.24, 2.45) is 0 Å². The maximum atomic E-state index is 11.5. The number of benzene rings is 1. The monoisotopic (exact) mass is 257 g/mol. The normalized spacial score (nSPS) is 9.89. The predicted molar refractivity (Wildman–Crippen MR) is 67.3 cm³/mol. The summed E-state index contributed by atoms with van der Waals surface area (Å²) in [6.07, 6.45) is 1.10. The Kier molecular flexibility index (Phi) is 3.87. The fraction of sp³-hybridized carbons (Fsp3) is 0.0714. The van der Waals surface area contributed by atoms with E-state index < -0.39 is 18.2 Å². The Labute approximate surface area is 109 Å². The molecule has 2 aromatic rings. The third-order valence-electron chi connectivity index (χ3n) is 2.35. The van der Waals surface area contributed by atoms with Crippen LogP contribution >= 0.6 is 0 Å². The predicted octanol–water partition coefficient (Wildman–Crippen LogP) is 2.53. The zero-order valence-corrected chi connectivity index (χ0v) is 9.95. The van der Waals surface area contributed by atoms with Crippen LogP contribution in [0.15, 0.2) is 48.7 Å². The number of rotatable bonds is 5. The van der Waals surface area contributed by atoms with Crippen molar-refractivity contribution in [1.29, 1.82) is 0 Å². The smallest absolute Gasteiger partial charge is 0.311 e. The van der Waals surface area contributed by atoms with Gasteiger partial charge in [-0.05, 0) is 30.3 Å². The minimum Gasteiger partial charge on any atom is -0.481 e. The highest BCUT2D eigenvalue weighted by atomic mass is 16.5. The molecular weight excluding hydrogens is 246 g/mol. The van der Waals surface area contributed by atoms with Crippen molar-refractivity contribution < 1.29 is 19.4 Å². The molecule has 5 heteroatoms. The van der Waals surface area contributed by atoms with E-state index in [9.17, 15) is 9.59 Å². The number of hydrogen-bond donors (Lipinski definition) is 1. The van der Waals surface area contributed by atoms with E-state index in [0.29, 0.717) is 17.2 Å². The number of aliphatic carboxylic acids is 1. The first-order chi connectivity index (χ1) is 9.15. The van der Waals surface area contributed by atoms with Gasteiger partial charge in [0, 0.05) is 17.8 Å². The van der Waals surface area contributed by atoms with E-state index in [1.54, 1.807) is 36.5 Å². The Balaban J connectivity index is 2.06. The molecule has 0 radical (unpaired) electrons. The van der Waals surface area contributed by atoms with Gasteiger partial charge in [0.15, 0.2) is 5.78 Å². The zero-order valence-electron chi connectivity index (χ0n) is 9.95. The van der Waals surface area contributed by atoms with Crippen molar-refractivity contribution in [3.8, 4) is 11.6 Å². The van der Waals surface area contributed by atoms with Gasteiger partial charge in [0.1, 0.15) is 12.2 Å². The molecule has 1 N–H and O–H groups in total. The van der Waals surface area contributed by atoms with Crippen LogP contribution in [-0.2, 0) is 4.79 Å². The second kappa shape index (κ2) is 5.77. The molecule has 0 aliphatic heterocycles. The Morgan fingerprint density at radius 2 is 1.84 bits per heavy atom. The zero-order chi connectivity index (χ0) is 13.7. The van der Waals surface area contributed by atoms with Crippen LogP contribution in [0.5, 0.6) is 11.6 Å². The second-order valence-electron chi connectivity index (χ2n) is 3.79. The van der Waals surface area contributed by atoms with Crippen LogP contribution in [-0.4, -0.2) is 21.8 Å². The molecule has 5 nitrogen and oxygen atoms in total. The molecule has 0 unspecified atom stereocenters. The second-order valence-corrected chi connectivity index (χ2v) is 3.79. The van der Waals surface area contributed by atoms with Crippen molar-refractivity contribution >= 4 is 11.8 Å². The van der Waals surface area contributed by atoms with Gasteiger partial charge in [-0.25, -0.2) is 4.98 Å². The van der Waals surface area contributed by atoms with E-state index in [0.717, 1.165) is 0 Å². The molecule has 0 atom stereocenters. The van der Waals surface area contributed by atoms with Crippen LogP contribution in [0.2, 0.25) is 0 Å². The lowest BCUT2D eigenvalue weighted by Gasteiger charge is -2.04. The molecule has 96 valence electrons. The van der Waals surface area contributed by atoms with Crippen molar-refractivity contribution in [2.75, 3.05) is 0 Å². The number of ether oxygens (including phenoxy) is 1. The fourth-order valence-corrected chi connectivity index (χ4v) is 1.48. The average Bonchev–Trinajstić information content (AvgIpc) is 2.40. The lowest BCUT2D eigenvalue weighted by atomic mass is 10.1. The molecule has 1 heterocycles. The van der Waals surface area contributed by atoms with E-state index in [4.69, 9.17) is 9.84 Å². The molecule has 1 aromatic heterocycles. The van der Waals surface area contributed by atoms with Gasteiger partial charge in [-0.3, -0.25) is 9.59 Å². The van der Waals surface area contributed by atoms with Gasteiger partial charge in [0.2, 0.25) is 5.88 Å². The highest BCUT2D eigenvalue weighted by Crippen LogP contribution is 2.19. The first-order valence-electron chi connectivity index (χ1n) is 5.59. The third kappa shape index (κ3) is 3.64. The molecule has 0 saturated heterocycles. The largest absolute Gasteiger partial charge is 0.481 e. The van der Waals surface area contributed by atoms with Gasteiger partial charge in [0.25, 0.3) is 0 Å². The molecule has 0 aliphatic rings. The molecule has 19 heavy (non-hydrogen) atoms. The molecule has 0 saturated carbocycles. The van der Waals surface area contributed by atoms with Crippen LogP contribution in [0, 0.1) is 0 Å². The van der Waals surface area contributed by atoms with Crippen molar-refractivity contribution in [1.82, 2.24) is 4.98 Å². The number of carbonyl (C=O) groups is 2. The summed E-state index contributed by atoms with van der Waals surface area (Å²) in [7, 11) is 0. The van der Waals surface area contributed by atoms with Crippen molar-refractivity contribution in [3.05, 3.63) is 54.2 Å². The van der Waals surface area contributed by atoms with Gasteiger partial charge in [0.05, 0.1) is 0 Å². The average molecular weight is 257 g/mol. The lowest BCUT2D eigenvalue weighted by Crippen LogP contribution is -2.06. The molecule has 0 bridgehead atoms. The molecule has 0 amide bonds. The molecule has 0 spiro atoms. The highest BCUT2D eigenvalue weighted by Gasteiger charge is 2.10. The number of carboxylic acid groups (broad SMARTS) is 1. The number of carboxylic acids is 1. The van der Waals surface area contributed by atoms with E-state index in [-0.39, 0.29) is 0 Å². The summed E-state index contributed by atoms with van der Waals surface area (Å²) < 4.78 is 5.46. The fourth-order valence-electron chi connectivity index (χ4n) is 1.48. The number of Topliss-reactive ketones (excluding diaryl/α,β-unsaturated/α-hetero) is 1. The summed E-state index contributed by atoms with van der Waals surface area (Å²) in [6.45, 7) is 0. The molecule has 0 fully saturated rings. The van der Waals surface area contributed by atoms with Crippen LogP contribution in [0.4, 0.5) is 0 Å². The van der Waals surface area contributed by atoms with E-state index >= 15 is 0 Å². The first kappa shape index (κ1) is 12.8. The summed E-state index contributed by atoms with van der Waals surface area (Å²) in [5.41, 5.74) is 0.343. The molecule has 2 rings (SSSR count). The Morgan fingerprint density at radius 3 is 2.42 bits per heavy atom. The summed E-state index contributed by atoms with van der Waals surface area (Å²) in [5, 5.41) is 8.54. The number of hydrogen-bond acceptors (Lipinski definition) is 4. The van der Waals surface area contributed by atoms with Crippen molar-refractivity contribution in [2.45, 2.75) is 6.42 Å². The van der Waals surface area contributed by atoms with E-state index in [1.807, 2.05) is 0 Å². The van der Waals surface area contributed by atoms with Crippen LogP contribution in [0.3, 0.4) is 0 Å². The van der Waals surface area contributed by atoms with Crippen LogP contribution < -0.4 is 4.74 Å². The molecule has 0 aliphatic carbocycles. The Bertz CT molecular complexity index is 578. The van der Waals surface area contributed by atoms with Gasteiger partial charge in [-0.15, -0.1) is 0 Å².